The van der Waals surface area contributed by atoms with E-state index in [-0.39, 0.29) is 46.5 Å². The number of piperidine rings is 2. The van der Waals surface area contributed by atoms with E-state index in [9.17, 15) is 19.2 Å². The first-order valence-corrected chi connectivity index (χ1v) is 13.7. The summed E-state index contributed by atoms with van der Waals surface area (Å²) >= 11 is 5.95. The summed E-state index contributed by atoms with van der Waals surface area (Å²) in [6.45, 7) is 3.85. The van der Waals surface area contributed by atoms with Gasteiger partial charge in [0.1, 0.15) is 17.5 Å². The Morgan fingerprint density at radius 2 is 1.80 bits per heavy atom. The van der Waals surface area contributed by atoms with Crippen LogP contribution in [0.3, 0.4) is 0 Å². The van der Waals surface area contributed by atoms with E-state index >= 15 is 0 Å². The number of pyridine rings is 1. The molecule has 2 aliphatic rings. The van der Waals surface area contributed by atoms with Crippen molar-refractivity contribution in [2.24, 2.45) is 0 Å². The number of carbonyl (C=O) groups is 3. The largest absolute Gasteiger partial charge is 0.459 e. The first-order chi connectivity index (χ1) is 19.2. The van der Waals surface area contributed by atoms with Crippen LogP contribution in [0.1, 0.15) is 50.3 Å². The highest BCUT2D eigenvalue weighted by Crippen LogP contribution is 2.17. The fourth-order valence-electron chi connectivity index (χ4n) is 4.84. The van der Waals surface area contributed by atoms with Gasteiger partial charge in [-0.1, -0.05) is 11.6 Å². The van der Waals surface area contributed by atoms with E-state index in [0.29, 0.717) is 43.7 Å². The van der Waals surface area contributed by atoms with Crippen LogP contribution in [0, 0.1) is 0 Å². The van der Waals surface area contributed by atoms with Gasteiger partial charge in [-0.15, -0.1) is 0 Å². The number of benzene rings is 1. The number of carbonyl (C=O) groups excluding carboxylic acids is 3. The van der Waals surface area contributed by atoms with Gasteiger partial charge in [-0.2, -0.15) is 0 Å². The molecule has 3 heterocycles. The molecule has 0 unspecified atom stereocenters. The Morgan fingerprint density at radius 1 is 1.10 bits per heavy atom. The van der Waals surface area contributed by atoms with Crippen LogP contribution in [-0.4, -0.2) is 92.3 Å². The summed E-state index contributed by atoms with van der Waals surface area (Å²) < 4.78 is 11.2. The molecule has 2 aliphatic heterocycles. The topological polar surface area (TPSA) is 168 Å². The Labute approximate surface area is 236 Å². The highest BCUT2D eigenvalue weighted by molar-refractivity contribution is 6.33. The number of ether oxygens (including phenoxy) is 2. The van der Waals surface area contributed by atoms with Crippen LogP contribution in [0.4, 0.5) is 5.82 Å². The van der Waals surface area contributed by atoms with Gasteiger partial charge in [0.25, 0.3) is 17.4 Å². The summed E-state index contributed by atoms with van der Waals surface area (Å²) in [4.78, 5) is 54.3. The molecule has 0 saturated carbocycles. The van der Waals surface area contributed by atoms with Gasteiger partial charge in [0.05, 0.1) is 22.7 Å². The molecule has 13 heteroatoms. The molecule has 12 nitrogen and oxygen atoms in total. The molecule has 0 aliphatic carbocycles. The molecule has 1 aromatic heterocycles. The molecule has 0 spiro atoms. The van der Waals surface area contributed by atoms with Crippen LogP contribution in [0.15, 0.2) is 35.1 Å². The van der Waals surface area contributed by atoms with Crippen molar-refractivity contribution >= 4 is 35.2 Å². The predicted octanol–water partition coefficient (Wildman–Crippen LogP) is 0.768. The number of likely N-dealkylation sites (tertiary alicyclic amines) is 1. The number of hydrogen-bond acceptors (Lipinski definition) is 9. The fourth-order valence-corrected chi connectivity index (χ4v) is 5.00. The lowest BCUT2D eigenvalue weighted by molar-refractivity contribution is 0.00683. The average Bonchev–Trinajstić information content (AvgIpc) is 2.96. The highest BCUT2D eigenvalue weighted by atomic mass is 35.5. The second kappa shape index (κ2) is 13.8. The third kappa shape index (κ3) is 7.60. The molecule has 0 bridgehead atoms. The summed E-state index contributed by atoms with van der Waals surface area (Å²) in [5.41, 5.74) is 5.71. The first-order valence-electron chi connectivity index (χ1n) is 13.3. The second-order valence-electron chi connectivity index (χ2n) is 9.91. The predicted molar refractivity (Wildman–Crippen MR) is 150 cm³/mol. The SMILES string of the molecule is CO[C@H]1CN(CCNC(=O)c2ccc(C(=O)OC3CCNCC3)cc2)CC[C@H]1NC(=O)c1cc(Cl)c(N)[nH]c1=O. The van der Waals surface area contributed by atoms with E-state index in [4.69, 9.17) is 26.8 Å². The van der Waals surface area contributed by atoms with Crippen LogP contribution >= 0.6 is 11.6 Å². The third-order valence-corrected chi connectivity index (χ3v) is 7.50. The average molecular weight is 575 g/mol. The summed E-state index contributed by atoms with van der Waals surface area (Å²) in [6, 6.07) is 7.38. The molecule has 2 fully saturated rings. The second-order valence-corrected chi connectivity index (χ2v) is 10.3. The third-order valence-electron chi connectivity index (χ3n) is 7.18. The van der Waals surface area contributed by atoms with E-state index in [1.807, 2.05) is 0 Å². The zero-order valence-electron chi connectivity index (χ0n) is 22.3. The molecular formula is C27H35ClN6O6. The van der Waals surface area contributed by atoms with Crippen LogP contribution in [0.25, 0.3) is 0 Å². The Kier molecular flexibility index (Phi) is 10.2. The lowest BCUT2D eigenvalue weighted by Crippen LogP contribution is -2.56. The number of esters is 1. The monoisotopic (exact) mass is 574 g/mol. The number of rotatable bonds is 9. The number of nitrogens with one attached hydrogen (secondary N) is 4. The van der Waals surface area contributed by atoms with E-state index in [1.54, 1.807) is 31.4 Å². The van der Waals surface area contributed by atoms with E-state index in [0.717, 1.165) is 25.9 Å². The van der Waals surface area contributed by atoms with Gasteiger partial charge in [0, 0.05) is 38.9 Å². The van der Waals surface area contributed by atoms with Crippen LogP contribution in [0.2, 0.25) is 5.02 Å². The number of amides is 2. The highest BCUT2D eigenvalue weighted by Gasteiger charge is 2.31. The minimum Gasteiger partial charge on any atom is -0.459 e. The van der Waals surface area contributed by atoms with Crippen LogP contribution in [-0.2, 0) is 9.47 Å². The van der Waals surface area contributed by atoms with E-state index in [1.165, 1.54) is 6.07 Å². The number of halogens is 1. The lowest BCUT2D eigenvalue weighted by atomic mass is 10.0. The van der Waals surface area contributed by atoms with Crippen molar-refractivity contribution in [2.75, 3.05) is 52.1 Å². The minimum atomic E-state index is -0.617. The lowest BCUT2D eigenvalue weighted by Gasteiger charge is -2.38. The number of hydrogen-bond donors (Lipinski definition) is 5. The number of nitrogen functional groups attached to an aromatic ring is 1. The van der Waals surface area contributed by atoms with Gasteiger partial charge >= 0.3 is 5.97 Å². The fraction of sp³-hybridized carbons (Fsp3) is 0.481. The van der Waals surface area contributed by atoms with Gasteiger partial charge in [-0.3, -0.25) is 19.3 Å². The Bertz CT molecular complexity index is 1260. The minimum absolute atomic E-state index is 0.00286. The Morgan fingerprint density at radius 3 is 2.50 bits per heavy atom. The van der Waals surface area contributed by atoms with Crippen molar-refractivity contribution < 1.29 is 23.9 Å². The van der Waals surface area contributed by atoms with E-state index < -0.39 is 11.5 Å². The van der Waals surface area contributed by atoms with Crippen molar-refractivity contribution in [3.05, 3.63) is 62.4 Å². The van der Waals surface area contributed by atoms with Crippen molar-refractivity contribution in [1.82, 2.24) is 25.8 Å². The van der Waals surface area contributed by atoms with Gasteiger partial charge in [0.15, 0.2) is 0 Å². The summed E-state index contributed by atoms with van der Waals surface area (Å²) in [5.74, 6) is -1.17. The van der Waals surface area contributed by atoms with Crippen LogP contribution < -0.4 is 27.2 Å². The zero-order valence-corrected chi connectivity index (χ0v) is 23.1. The maximum Gasteiger partial charge on any atom is 0.338 e. The number of methoxy groups -OCH3 is 1. The molecule has 40 heavy (non-hydrogen) atoms. The van der Waals surface area contributed by atoms with Crippen molar-refractivity contribution in [1.29, 1.82) is 0 Å². The standard InChI is InChI=1S/C27H35ClN6O6/c1-39-22-15-34(12-8-21(22)32-25(36)19-14-20(28)23(29)33-26(19)37)13-11-31-24(35)16-2-4-17(5-3-16)27(38)40-18-6-9-30-10-7-18/h2-5,14,18,21-22,30H,6-13,15H2,1H3,(H,31,35)(H,32,36)(H3,29,33,37)/t21-,22+/m1/s1. The number of nitrogens with two attached hydrogens (primary N) is 1. The van der Waals surface area contributed by atoms with E-state index in [2.05, 4.69) is 25.8 Å². The zero-order chi connectivity index (χ0) is 28.6. The molecule has 2 saturated heterocycles. The first kappa shape index (κ1) is 29.5. The van der Waals surface area contributed by atoms with Gasteiger partial charge in [0.2, 0.25) is 0 Å². The summed E-state index contributed by atoms with van der Waals surface area (Å²) in [7, 11) is 1.56. The molecule has 6 N–H and O–H groups in total. The smallest absolute Gasteiger partial charge is 0.338 e. The molecular weight excluding hydrogens is 540 g/mol. The van der Waals surface area contributed by atoms with Crippen molar-refractivity contribution in [2.45, 2.75) is 37.5 Å². The molecule has 4 rings (SSSR count). The molecule has 2 atom stereocenters. The van der Waals surface area contributed by atoms with Gasteiger partial charge in [-0.25, -0.2) is 4.79 Å². The van der Waals surface area contributed by atoms with Gasteiger partial charge < -0.3 is 36.1 Å². The van der Waals surface area contributed by atoms with Gasteiger partial charge in [-0.05, 0) is 62.7 Å². The quantitative estimate of drug-likeness (QED) is 0.272. The molecule has 2 aromatic rings. The molecule has 2 amide bonds. The Balaban J connectivity index is 1.22. The number of aromatic amines is 1. The number of anilines is 1. The number of nitrogens with zero attached hydrogens (tertiary/aromatic N) is 1. The van der Waals surface area contributed by atoms with Crippen molar-refractivity contribution in [3.8, 4) is 0 Å². The Hall–Kier alpha value is -3.45. The number of H-pyrrole nitrogens is 1. The maximum atomic E-state index is 12.7. The number of aromatic nitrogens is 1. The molecule has 216 valence electrons. The molecule has 0 radical (unpaired) electrons. The summed E-state index contributed by atoms with van der Waals surface area (Å²) in [6.07, 6.45) is 1.79. The summed E-state index contributed by atoms with van der Waals surface area (Å²) in [5, 5.41) is 9.08. The maximum absolute atomic E-state index is 12.7. The molecule has 1 aromatic carbocycles. The van der Waals surface area contributed by atoms with Crippen LogP contribution in [0.5, 0.6) is 0 Å². The van der Waals surface area contributed by atoms with Crippen molar-refractivity contribution in [3.63, 3.8) is 0 Å². The normalized spacial score (nSPS) is 20.1.